The quantitative estimate of drug-likeness (QED) is 0.182. The monoisotopic (exact) mass is 709 g/mol. The summed E-state index contributed by atoms with van der Waals surface area (Å²) in [4.78, 5) is 7.72. The lowest BCUT2D eigenvalue weighted by Gasteiger charge is -2.45. The zero-order valence-electron chi connectivity index (χ0n) is 32.3. The van der Waals surface area contributed by atoms with Gasteiger partial charge >= 0.3 is 0 Å². The molecule has 1 aliphatic carbocycles. The Hall–Kier alpha value is -6.19. The van der Waals surface area contributed by atoms with Crippen molar-refractivity contribution in [3.63, 3.8) is 0 Å². The molecule has 266 valence electrons. The summed E-state index contributed by atoms with van der Waals surface area (Å²) in [6, 6.07) is 49.6. The first-order valence-corrected chi connectivity index (χ1v) is 19.5. The highest BCUT2D eigenvalue weighted by Gasteiger charge is 2.44. The van der Waals surface area contributed by atoms with Crippen molar-refractivity contribution in [1.82, 2.24) is 9.55 Å². The van der Waals surface area contributed by atoms with Crippen LogP contribution in [-0.4, -0.2) is 9.55 Å². The molecule has 6 aromatic carbocycles. The molecule has 11 rings (SSSR count). The van der Waals surface area contributed by atoms with Gasteiger partial charge in [0.25, 0.3) is 0 Å². The van der Waals surface area contributed by atoms with Crippen molar-refractivity contribution in [3.8, 4) is 39.1 Å². The zero-order valence-corrected chi connectivity index (χ0v) is 32.3. The van der Waals surface area contributed by atoms with Crippen molar-refractivity contribution in [2.75, 3.05) is 4.90 Å². The molecule has 0 spiro atoms. The number of nitrogens with zero attached hydrogens (tertiary/aromatic N) is 3. The smallest absolute Gasteiger partial charge is 0.0749 e. The maximum Gasteiger partial charge on any atom is 0.0749 e. The Morgan fingerprint density at radius 3 is 1.91 bits per heavy atom. The van der Waals surface area contributed by atoms with Gasteiger partial charge in [-0.25, -0.2) is 0 Å². The standard InChI is InChI=1S/C52H43N3/c1-50(2)27-28-54-45-18-12-10-16-41(45)52(5,6)49-48(54)47(50)46(31-53-49)55-43-17-11-8-14-38(43)39-29-34(24-26-44(39)55)32-19-21-33(22-20-32)35-23-25-37-36-13-7-9-15-40(36)51(3,4)42(37)30-35/h7-31H,1-6H3. The fraction of sp³-hybridized carbons (Fsp3) is 0.173. The second kappa shape index (κ2) is 11.0. The molecule has 0 saturated carbocycles. The van der Waals surface area contributed by atoms with Gasteiger partial charge in [-0.15, -0.1) is 0 Å². The van der Waals surface area contributed by atoms with Crippen LogP contribution >= 0.6 is 0 Å². The van der Waals surface area contributed by atoms with Gasteiger partial charge in [-0.05, 0) is 94.3 Å². The molecule has 55 heavy (non-hydrogen) atoms. The molecule has 0 radical (unpaired) electrons. The Balaban J connectivity index is 1.03. The van der Waals surface area contributed by atoms with Gasteiger partial charge in [0.15, 0.2) is 0 Å². The first-order valence-electron chi connectivity index (χ1n) is 19.5. The molecule has 2 aliphatic heterocycles. The summed E-state index contributed by atoms with van der Waals surface area (Å²) in [5.41, 5.74) is 19.7. The fourth-order valence-corrected chi connectivity index (χ4v) is 10.1. The minimum Gasteiger partial charge on any atom is -0.315 e. The van der Waals surface area contributed by atoms with E-state index in [1.165, 1.54) is 88.8 Å². The molecule has 0 saturated heterocycles. The van der Waals surface area contributed by atoms with E-state index in [-0.39, 0.29) is 16.2 Å². The van der Waals surface area contributed by atoms with E-state index in [1.807, 2.05) is 0 Å². The van der Waals surface area contributed by atoms with E-state index < -0.39 is 0 Å². The van der Waals surface area contributed by atoms with Crippen LogP contribution in [0.15, 0.2) is 152 Å². The van der Waals surface area contributed by atoms with Crippen LogP contribution in [0.1, 0.15) is 69.5 Å². The number of para-hydroxylation sites is 2. The molecule has 4 heterocycles. The van der Waals surface area contributed by atoms with Crippen LogP contribution in [0.4, 0.5) is 11.4 Å². The van der Waals surface area contributed by atoms with Crippen molar-refractivity contribution in [3.05, 3.63) is 180 Å². The van der Waals surface area contributed by atoms with Crippen LogP contribution in [-0.2, 0) is 16.2 Å². The van der Waals surface area contributed by atoms with E-state index in [1.54, 1.807) is 0 Å². The van der Waals surface area contributed by atoms with Gasteiger partial charge in [-0.1, -0.05) is 137 Å². The molecule has 0 N–H and O–H groups in total. The Labute approximate surface area is 323 Å². The molecule has 0 unspecified atom stereocenters. The molecule has 3 aliphatic rings. The van der Waals surface area contributed by atoms with Crippen molar-refractivity contribution in [2.24, 2.45) is 0 Å². The number of pyridine rings is 1. The van der Waals surface area contributed by atoms with Crippen molar-refractivity contribution < 1.29 is 0 Å². The summed E-state index contributed by atoms with van der Waals surface area (Å²) >= 11 is 0. The predicted octanol–water partition coefficient (Wildman–Crippen LogP) is 13.4. The van der Waals surface area contributed by atoms with Crippen molar-refractivity contribution in [2.45, 2.75) is 57.8 Å². The van der Waals surface area contributed by atoms with Gasteiger partial charge in [0.05, 0.1) is 34.3 Å². The lowest BCUT2D eigenvalue weighted by atomic mass is 9.71. The number of rotatable bonds is 3. The number of hydrogen-bond donors (Lipinski definition) is 0. The molecule has 0 atom stereocenters. The Morgan fingerprint density at radius 1 is 0.491 bits per heavy atom. The van der Waals surface area contributed by atoms with Gasteiger partial charge in [0, 0.05) is 44.5 Å². The van der Waals surface area contributed by atoms with E-state index in [0.29, 0.717) is 0 Å². The van der Waals surface area contributed by atoms with Gasteiger partial charge in [0.1, 0.15) is 0 Å². The number of benzene rings is 6. The molecule has 3 heteroatoms. The largest absolute Gasteiger partial charge is 0.315 e. The molecular weight excluding hydrogens is 667 g/mol. The summed E-state index contributed by atoms with van der Waals surface area (Å²) in [5, 5.41) is 2.49. The third kappa shape index (κ3) is 4.35. The first-order chi connectivity index (χ1) is 26.5. The Bertz CT molecular complexity index is 2950. The van der Waals surface area contributed by atoms with Crippen LogP contribution in [0.5, 0.6) is 0 Å². The van der Waals surface area contributed by atoms with E-state index in [0.717, 1.165) is 11.4 Å². The minimum absolute atomic E-state index is 0.0167. The lowest BCUT2D eigenvalue weighted by molar-refractivity contribution is 0.586. The summed E-state index contributed by atoms with van der Waals surface area (Å²) in [7, 11) is 0. The molecule has 0 fully saturated rings. The molecule has 2 aromatic heterocycles. The highest BCUT2D eigenvalue weighted by atomic mass is 15.2. The van der Waals surface area contributed by atoms with Crippen molar-refractivity contribution in [1.29, 1.82) is 0 Å². The third-order valence-corrected chi connectivity index (χ3v) is 13.0. The molecule has 8 aromatic rings. The van der Waals surface area contributed by atoms with Gasteiger partial charge in [0.2, 0.25) is 0 Å². The highest BCUT2D eigenvalue weighted by molar-refractivity contribution is 6.11. The maximum absolute atomic E-state index is 5.34. The topological polar surface area (TPSA) is 21.1 Å². The van der Waals surface area contributed by atoms with E-state index in [2.05, 4.69) is 203 Å². The normalized spacial score (nSPS) is 16.5. The second-order valence-electron chi connectivity index (χ2n) is 17.4. The second-order valence-corrected chi connectivity index (χ2v) is 17.4. The van der Waals surface area contributed by atoms with Crippen LogP contribution in [0.25, 0.3) is 60.9 Å². The van der Waals surface area contributed by atoms with Crippen LogP contribution in [0.2, 0.25) is 0 Å². The number of allylic oxidation sites excluding steroid dienone is 1. The summed E-state index contributed by atoms with van der Waals surface area (Å²) in [6.07, 6.45) is 6.76. The molecular formula is C52H43N3. The van der Waals surface area contributed by atoms with E-state index in [9.17, 15) is 0 Å². The third-order valence-electron chi connectivity index (χ3n) is 13.0. The summed E-state index contributed by atoms with van der Waals surface area (Å²) in [6.45, 7) is 14.0. The average molecular weight is 710 g/mol. The van der Waals surface area contributed by atoms with E-state index in [4.69, 9.17) is 4.98 Å². The van der Waals surface area contributed by atoms with E-state index >= 15 is 0 Å². The molecule has 0 bridgehead atoms. The number of hydrogen-bond acceptors (Lipinski definition) is 2. The minimum atomic E-state index is -0.231. The highest BCUT2D eigenvalue weighted by Crippen LogP contribution is 2.55. The van der Waals surface area contributed by atoms with Gasteiger partial charge < -0.3 is 9.47 Å². The summed E-state index contributed by atoms with van der Waals surface area (Å²) < 4.78 is 2.46. The maximum atomic E-state index is 5.34. The van der Waals surface area contributed by atoms with Gasteiger partial charge in [-0.3, -0.25) is 4.98 Å². The zero-order chi connectivity index (χ0) is 37.4. The fourth-order valence-electron chi connectivity index (χ4n) is 10.1. The van der Waals surface area contributed by atoms with Gasteiger partial charge in [-0.2, -0.15) is 0 Å². The SMILES string of the molecule is CC1(C)C=CN2c3ccccc3C(C)(C)c3ncc(-n4c5ccccc5c5cc(-c6ccc(-c7ccc8c(c7)C(C)(C)c7ccccc7-8)cc6)ccc54)c1c32. The van der Waals surface area contributed by atoms with Crippen LogP contribution in [0, 0.1) is 0 Å². The lowest BCUT2D eigenvalue weighted by Crippen LogP contribution is -2.37. The Kier molecular flexibility index (Phi) is 6.42. The number of anilines is 2. The molecule has 3 nitrogen and oxygen atoms in total. The van der Waals surface area contributed by atoms with Crippen LogP contribution < -0.4 is 4.90 Å². The van der Waals surface area contributed by atoms with Crippen LogP contribution in [0.3, 0.4) is 0 Å². The number of fused-ring (bicyclic) bond motifs is 8. The summed E-state index contributed by atoms with van der Waals surface area (Å²) in [5.74, 6) is 0. The average Bonchev–Trinajstić information content (AvgIpc) is 3.65. The predicted molar refractivity (Wildman–Crippen MR) is 230 cm³/mol. The number of aromatic nitrogens is 2. The van der Waals surface area contributed by atoms with Crippen molar-refractivity contribution >= 4 is 33.2 Å². The molecule has 0 amide bonds. The first kappa shape index (κ1) is 32.3. The Morgan fingerprint density at radius 2 is 1.11 bits per heavy atom.